The molecule has 4 rings (SSSR count). The number of hydrogen-bond acceptors (Lipinski definition) is 7. The number of carbonyl (C=O) groups excluding carboxylic acids is 1. The second kappa shape index (κ2) is 10.3. The van der Waals surface area contributed by atoms with Gasteiger partial charge >= 0.3 is 6.09 Å². The Hall–Kier alpha value is -2.62. The van der Waals surface area contributed by atoms with Crippen LogP contribution >= 0.6 is 0 Å². The van der Waals surface area contributed by atoms with E-state index in [1.54, 1.807) is 30.2 Å². The van der Waals surface area contributed by atoms with Gasteiger partial charge in [-0.1, -0.05) is 35.9 Å². The standard InChI is InChI=1S/C28H37NO7S/c1-19-10-12-22(13-11-19)37(32,33)35-18-20-14-21-16-29(26(30)36-27(2,3)4)17-24(21)28(31,15-20)23-8-6-7-9-25(23)34-5/h6-13,20-21,24,31H,14-18H2,1-5H3/t20-,21+,24-,28-/m1/s1. The highest BCUT2D eigenvalue weighted by atomic mass is 32.2. The van der Waals surface area contributed by atoms with Gasteiger partial charge in [0, 0.05) is 24.6 Å². The van der Waals surface area contributed by atoms with E-state index in [0.717, 1.165) is 5.56 Å². The summed E-state index contributed by atoms with van der Waals surface area (Å²) in [7, 11) is -2.39. The molecule has 202 valence electrons. The predicted octanol–water partition coefficient (Wildman–Crippen LogP) is 4.49. The smallest absolute Gasteiger partial charge is 0.410 e. The number of nitrogens with zero attached hydrogens (tertiary/aromatic N) is 1. The molecule has 2 fully saturated rings. The predicted molar refractivity (Wildman–Crippen MR) is 139 cm³/mol. The third-order valence-electron chi connectivity index (χ3n) is 7.28. The number of methoxy groups -OCH3 is 1. The lowest BCUT2D eigenvalue weighted by atomic mass is 9.64. The molecule has 2 aromatic carbocycles. The largest absolute Gasteiger partial charge is 0.496 e. The number of hydrogen-bond donors (Lipinski definition) is 1. The molecule has 0 unspecified atom stereocenters. The summed E-state index contributed by atoms with van der Waals surface area (Å²) in [6.45, 7) is 8.03. The first-order valence-electron chi connectivity index (χ1n) is 12.6. The van der Waals surface area contributed by atoms with Crippen molar-refractivity contribution < 1.29 is 32.0 Å². The number of rotatable bonds is 6. The summed E-state index contributed by atoms with van der Waals surface area (Å²) >= 11 is 0. The lowest BCUT2D eigenvalue weighted by Gasteiger charge is -2.45. The third-order valence-corrected chi connectivity index (χ3v) is 8.58. The van der Waals surface area contributed by atoms with E-state index < -0.39 is 27.4 Å². The summed E-state index contributed by atoms with van der Waals surface area (Å²) < 4.78 is 42.4. The van der Waals surface area contributed by atoms with Gasteiger partial charge in [-0.05, 0) is 70.6 Å². The van der Waals surface area contributed by atoms with Crippen molar-refractivity contribution in [3.05, 3.63) is 59.7 Å². The van der Waals surface area contributed by atoms with Crippen molar-refractivity contribution in [3.63, 3.8) is 0 Å². The van der Waals surface area contributed by atoms with Crippen molar-refractivity contribution >= 4 is 16.2 Å². The third kappa shape index (κ3) is 5.94. The quantitative estimate of drug-likeness (QED) is 0.548. The first kappa shape index (κ1) is 27.4. The zero-order valence-electron chi connectivity index (χ0n) is 22.1. The number of aryl methyl sites for hydroxylation is 1. The van der Waals surface area contributed by atoms with Gasteiger partial charge in [0.15, 0.2) is 0 Å². The van der Waals surface area contributed by atoms with Gasteiger partial charge in [0.25, 0.3) is 10.1 Å². The first-order valence-corrected chi connectivity index (χ1v) is 14.0. The van der Waals surface area contributed by atoms with E-state index in [9.17, 15) is 18.3 Å². The molecule has 1 N–H and O–H groups in total. The molecule has 4 atom stereocenters. The molecule has 1 saturated heterocycles. The lowest BCUT2D eigenvalue weighted by molar-refractivity contribution is -0.0902. The lowest BCUT2D eigenvalue weighted by Crippen LogP contribution is -2.47. The molecule has 0 aromatic heterocycles. The van der Waals surface area contributed by atoms with Crippen LogP contribution in [0, 0.1) is 24.7 Å². The van der Waals surface area contributed by atoms with E-state index in [0.29, 0.717) is 30.8 Å². The number of likely N-dealkylation sites (tertiary alicyclic amines) is 1. The maximum absolute atomic E-state index is 12.9. The van der Waals surface area contributed by atoms with E-state index in [4.69, 9.17) is 13.7 Å². The van der Waals surface area contributed by atoms with Crippen LogP contribution in [-0.2, 0) is 24.6 Å². The Labute approximate surface area is 219 Å². The van der Waals surface area contributed by atoms with Crippen LogP contribution in [0.15, 0.2) is 53.4 Å². The van der Waals surface area contributed by atoms with E-state index in [1.807, 2.05) is 45.9 Å². The van der Waals surface area contributed by atoms with Crippen molar-refractivity contribution in [3.8, 4) is 5.75 Å². The molecule has 1 saturated carbocycles. The van der Waals surface area contributed by atoms with Gasteiger partial charge in [-0.2, -0.15) is 8.42 Å². The van der Waals surface area contributed by atoms with Crippen molar-refractivity contribution in [1.82, 2.24) is 4.90 Å². The topological polar surface area (TPSA) is 102 Å². The summed E-state index contributed by atoms with van der Waals surface area (Å²) in [6, 6.07) is 13.8. The number of fused-ring (bicyclic) bond motifs is 1. The van der Waals surface area contributed by atoms with E-state index >= 15 is 0 Å². The molecule has 0 spiro atoms. The summed E-state index contributed by atoms with van der Waals surface area (Å²) in [4.78, 5) is 14.6. The van der Waals surface area contributed by atoms with Crippen molar-refractivity contribution in [2.45, 2.75) is 56.6 Å². The van der Waals surface area contributed by atoms with Gasteiger partial charge in [0.05, 0.1) is 24.2 Å². The highest BCUT2D eigenvalue weighted by molar-refractivity contribution is 7.86. The molecule has 1 aliphatic carbocycles. The molecular formula is C28H37NO7S. The monoisotopic (exact) mass is 531 g/mol. The fourth-order valence-corrected chi connectivity index (χ4v) is 6.60. The Morgan fingerprint density at radius 2 is 1.78 bits per heavy atom. The molecule has 2 aromatic rings. The summed E-state index contributed by atoms with van der Waals surface area (Å²) in [5.74, 6) is -0.0311. The van der Waals surface area contributed by atoms with Crippen LogP contribution in [0.3, 0.4) is 0 Å². The molecule has 8 nitrogen and oxygen atoms in total. The molecule has 1 amide bonds. The van der Waals surface area contributed by atoms with Crippen LogP contribution in [0.1, 0.15) is 44.7 Å². The molecular weight excluding hydrogens is 494 g/mol. The Bertz CT molecular complexity index is 1220. The minimum atomic E-state index is -3.95. The zero-order chi connectivity index (χ0) is 27.0. The Morgan fingerprint density at radius 3 is 2.43 bits per heavy atom. The second-order valence-corrected chi connectivity index (χ2v) is 12.8. The Balaban J connectivity index is 1.60. The molecule has 0 bridgehead atoms. The van der Waals surface area contributed by atoms with Gasteiger partial charge < -0.3 is 19.5 Å². The van der Waals surface area contributed by atoms with Crippen LogP contribution in [0.5, 0.6) is 5.75 Å². The highest BCUT2D eigenvalue weighted by Crippen LogP contribution is 2.52. The van der Waals surface area contributed by atoms with Crippen LogP contribution < -0.4 is 4.74 Å². The fourth-order valence-electron chi connectivity index (χ4n) is 5.63. The molecule has 9 heteroatoms. The normalized spacial score (nSPS) is 26.0. The van der Waals surface area contributed by atoms with Crippen molar-refractivity contribution in [1.29, 1.82) is 0 Å². The molecule has 2 aliphatic rings. The molecule has 37 heavy (non-hydrogen) atoms. The summed E-state index contributed by atoms with van der Waals surface area (Å²) in [5.41, 5.74) is -0.391. The average molecular weight is 532 g/mol. The van der Waals surface area contributed by atoms with Gasteiger partial charge in [-0.25, -0.2) is 4.79 Å². The fraction of sp³-hybridized carbons (Fsp3) is 0.536. The van der Waals surface area contributed by atoms with Crippen LogP contribution in [0.2, 0.25) is 0 Å². The van der Waals surface area contributed by atoms with Gasteiger partial charge in [0.1, 0.15) is 11.4 Å². The maximum Gasteiger partial charge on any atom is 0.410 e. The average Bonchev–Trinajstić information content (AvgIpc) is 3.28. The highest BCUT2D eigenvalue weighted by Gasteiger charge is 2.54. The van der Waals surface area contributed by atoms with Crippen LogP contribution in [-0.4, -0.2) is 56.9 Å². The molecule has 1 heterocycles. The van der Waals surface area contributed by atoms with Crippen molar-refractivity contribution in [2.24, 2.45) is 17.8 Å². The minimum Gasteiger partial charge on any atom is -0.496 e. The zero-order valence-corrected chi connectivity index (χ0v) is 23.0. The van der Waals surface area contributed by atoms with Gasteiger partial charge in [-0.3, -0.25) is 4.18 Å². The number of aliphatic hydroxyl groups is 1. The van der Waals surface area contributed by atoms with Gasteiger partial charge in [0.2, 0.25) is 0 Å². The van der Waals surface area contributed by atoms with Crippen LogP contribution in [0.25, 0.3) is 0 Å². The van der Waals surface area contributed by atoms with Gasteiger partial charge in [-0.15, -0.1) is 0 Å². The number of benzene rings is 2. The number of carbonyl (C=O) groups is 1. The maximum atomic E-state index is 12.9. The Morgan fingerprint density at radius 1 is 1.11 bits per heavy atom. The number of para-hydroxylation sites is 1. The van der Waals surface area contributed by atoms with E-state index in [2.05, 4.69) is 0 Å². The Kier molecular flexibility index (Phi) is 7.61. The minimum absolute atomic E-state index is 0.0631. The van der Waals surface area contributed by atoms with Crippen LogP contribution in [0.4, 0.5) is 4.79 Å². The van der Waals surface area contributed by atoms with E-state index in [-0.39, 0.29) is 35.7 Å². The van der Waals surface area contributed by atoms with E-state index in [1.165, 1.54) is 12.1 Å². The van der Waals surface area contributed by atoms with Crippen molar-refractivity contribution in [2.75, 3.05) is 26.8 Å². The second-order valence-electron chi connectivity index (χ2n) is 11.2. The molecule has 1 aliphatic heterocycles. The SMILES string of the molecule is COc1ccccc1[C@]1(O)C[C@H](COS(=O)(=O)c2ccc(C)cc2)C[C@H]2CN(C(=O)OC(C)(C)C)C[C@H]21. The number of ether oxygens (including phenoxy) is 2. The summed E-state index contributed by atoms with van der Waals surface area (Å²) in [6.07, 6.45) is 0.476. The first-order chi connectivity index (χ1) is 17.3. The molecule has 0 radical (unpaired) electrons. The number of amides is 1. The summed E-state index contributed by atoms with van der Waals surface area (Å²) in [5, 5.41) is 12.2.